The summed E-state index contributed by atoms with van der Waals surface area (Å²) >= 11 is 0. The van der Waals surface area contributed by atoms with Crippen molar-refractivity contribution in [2.45, 2.75) is 20.5 Å². The highest BCUT2D eigenvalue weighted by Crippen LogP contribution is 2.02. The lowest BCUT2D eigenvalue weighted by Crippen LogP contribution is -1.93. The summed E-state index contributed by atoms with van der Waals surface area (Å²) in [5.74, 6) is 0. The Kier molecular flexibility index (Phi) is 2.45. The van der Waals surface area contributed by atoms with Gasteiger partial charge in [-0.2, -0.15) is 5.10 Å². The Hall–Kier alpha value is -0.830. The highest BCUT2D eigenvalue weighted by atomic mass is 16.5. The number of rotatable bonds is 3. The number of aromatic nitrogens is 2. The van der Waals surface area contributed by atoms with Gasteiger partial charge in [-0.25, -0.2) is 0 Å². The van der Waals surface area contributed by atoms with Gasteiger partial charge in [-0.3, -0.25) is 5.10 Å². The Morgan fingerprint density at radius 1 is 1.70 bits per heavy atom. The summed E-state index contributed by atoms with van der Waals surface area (Å²) in [6, 6.07) is 0. The summed E-state index contributed by atoms with van der Waals surface area (Å²) in [4.78, 5) is 0. The fourth-order valence-electron chi connectivity index (χ4n) is 0.723. The van der Waals surface area contributed by atoms with Gasteiger partial charge >= 0.3 is 0 Å². The van der Waals surface area contributed by atoms with Crippen LogP contribution in [0.4, 0.5) is 0 Å². The molecule has 0 aliphatic rings. The van der Waals surface area contributed by atoms with E-state index in [4.69, 9.17) is 4.74 Å². The quantitative estimate of drug-likeness (QED) is 0.686. The van der Waals surface area contributed by atoms with E-state index in [0.29, 0.717) is 6.61 Å². The molecule has 0 saturated heterocycles. The molecule has 0 radical (unpaired) electrons. The summed E-state index contributed by atoms with van der Waals surface area (Å²) in [5.41, 5.74) is 2.23. The van der Waals surface area contributed by atoms with E-state index < -0.39 is 0 Å². The fourth-order valence-corrected chi connectivity index (χ4v) is 0.723. The van der Waals surface area contributed by atoms with Crippen LogP contribution in [0.5, 0.6) is 0 Å². The van der Waals surface area contributed by atoms with Crippen LogP contribution in [0.2, 0.25) is 0 Å². The predicted octanol–water partition coefficient (Wildman–Crippen LogP) is 1.25. The highest BCUT2D eigenvalue weighted by Gasteiger charge is 1.97. The van der Waals surface area contributed by atoms with Gasteiger partial charge in [0.1, 0.15) is 0 Å². The Morgan fingerprint density at radius 3 is 3.00 bits per heavy atom. The number of aryl methyl sites for hydroxylation is 1. The largest absolute Gasteiger partial charge is 0.375 e. The molecule has 0 spiro atoms. The maximum Gasteiger partial charge on any atom is 0.0884 e. The summed E-state index contributed by atoms with van der Waals surface area (Å²) < 4.78 is 5.19. The zero-order valence-electron chi connectivity index (χ0n) is 6.35. The van der Waals surface area contributed by atoms with Crippen molar-refractivity contribution in [2.24, 2.45) is 0 Å². The number of ether oxygens (including phenoxy) is 1. The number of nitrogens with one attached hydrogen (secondary N) is 1. The summed E-state index contributed by atoms with van der Waals surface area (Å²) in [5, 5.41) is 6.73. The van der Waals surface area contributed by atoms with Crippen LogP contribution in [0.25, 0.3) is 0 Å². The maximum atomic E-state index is 5.19. The molecule has 0 bridgehead atoms. The summed E-state index contributed by atoms with van der Waals surface area (Å²) in [6.45, 7) is 5.38. The second-order valence-corrected chi connectivity index (χ2v) is 2.17. The first-order valence-corrected chi connectivity index (χ1v) is 3.41. The van der Waals surface area contributed by atoms with Crippen LogP contribution in [0, 0.1) is 6.92 Å². The number of hydrogen-bond donors (Lipinski definition) is 1. The third-order valence-electron chi connectivity index (χ3n) is 1.38. The zero-order chi connectivity index (χ0) is 7.40. The standard InChI is InChI=1S/C7H12N2O/c1-3-10-5-7-6(2)4-8-9-7/h4H,3,5H2,1-2H3,(H,8,9). The molecule has 0 aliphatic carbocycles. The molecule has 1 heterocycles. The molecule has 0 aromatic carbocycles. The molecule has 0 atom stereocenters. The van der Waals surface area contributed by atoms with E-state index in [9.17, 15) is 0 Å². The van der Waals surface area contributed by atoms with Gasteiger partial charge in [0.25, 0.3) is 0 Å². The van der Waals surface area contributed by atoms with Gasteiger partial charge in [0.15, 0.2) is 0 Å². The third kappa shape index (κ3) is 1.57. The van der Waals surface area contributed by atoms with Crippen molar-refractivity contribution < 1.29 is 4.74 Å². The van der Waals surface area contributed by atoms with Crippen LogP contribution >= 0.6 is 0 Å². The van der Waals surface area contributed by atoms with Crippen molar-refractivity contribution in [3.05, 3.63) is 17.5 Å². The number of aromatic amines is 1. The van der Waals surface area contributed by atoms with Gasteiger partial charge in [-0.15, -0.1) is 0 Å². The van der Waals surface area contributed by atoms with Crippen molar-refractivity contribution in [3.8, 4) is 0 Å². The SMILES string of the molecule is CCOCc1[nH]ncc1C. The molecule has 0 amide bonds. The average Bonchev–Trinajstić information content (AvgIpc) is 2.31. The molecule has 1 aromatic rings. The number of hydrogen-bond acceptors (Lipinski definition) is 2. The summed E-state index contributed by atoms with van der Waals surface area (Å²) in [6.07, 6.45) is 1.80. The van der Waals surface area contributed by atoms with Crippen LogP contribution in [-0.2, 0) is 11.3 Å². The zero-order valence-corrected chi connectivity index (χ0v) is 6.35. The number of H-pyrrole nitrogens is 1. The molecule has 0 unspecified atom stereocenters. The van der Waals surface area contributed by atoms with E-state index in [1.807, 2.05) is 13.8 Å². The predicted molar refractivity (Wildman–Crippen MR) is 38.7 cm³/mol. The van der Waals surface area contributed by atoms with E-state index in [1.54, 1.807) is 6.20 Å². The van der Waals surface area contributed by atoms with Gasteiger partial charge in [-0.05, 0) is 19.4 Å². The molecule has 1 aromatic heterocycles. The van der Waals surface area contributed by atoms with E-state index in [2.05, 4.69) is 10.2 Å². The minimum atomic E-state index is 0.641. The van der Waals surface area contributed by atoms with E-state index in [0.717, 1.165) is 17.9 Å². The highest BCUT2D eigenvalue weighted by molar-refractivity contribution is 5.12. The minimum Gasteiger partial charge on any atom is -0.375 e. The molecular formula is C7H12N2O. The van der Waals surface area contributed by atoms with Crippen LogP contribution in [0.3, 0.4) is 0 Å². The van der Waals surface area contributed by atoms with Crippen molar-refractivity contribution >= 4 is 0 Å². The second-order valence-electron chi connectivity index (χ2n) is 2.17. The first kappa shape index (κ1) is 7.28. The van der Waals surface area contributed by atoms with E-state index in [-0.39, 0.29) is 0 Å². The molecule has 1 N–H and O–H groups in total. The monoisotopic (exact) mass is 140 g/mol. The van der Waals surface area contributed by atoms with Crippen molar-refractivity contribution in [3.63, 3.8) is 0 Å². The van der Waals surface area contributed by atoms with Crippen LogP contribution < -0.4 is 0 Å². The Labute approximate surface area is 60.4 Å². The van der Waals surface area contributed by atoms with Gasteiger partial charge in [0.05, 0.1) is 18.5 Å². The van der Waals surface area contributed by atoms with Crippen molar-refractivity contribution in [1.29, 1.82) is 0 Å². The topological polar surface area (TPSA) is 37.9 Å². The molecular weight excluding hydrogens is 128 g/mol. The maximum absolute atomic E-state index is 5.19. The lowest BCUT2D eigenvalue weighted by atomic mass is 10.3. The van der Waals surface area contributed by atoms with Gasteiger partial charge in [0.2, 0.25) is 0 Å². The molecule has 56 valence electrons. The number of nitrogens with zero attached hydrogens (tertiary/aromatic N) is 1. The Bertz CT molecular complexity index is 195. The second kappa shape index (κ2) is 3.37. The average molecular weight is 140 g/mol. The molecule has 0 saturated carbocycles. The molecule has 10 heavy (non-hydrogen) atoms. The lowest BCUT2D eigenvalue weighted by molar-refractivity contribution is 0.131. The fraction of sp³-hybridized carbons (Fsp3) is 0.571. The Morgan fingerprint density at radius 2 is 2.50 bits per heavy atom. The van der Waals surface area contributed by atoms with Crippen LogP contribution in [0.1, 0.15) is 18.2 Å². The van der Waals surface area contributed by atoms with Crippen LogP contribution in [-0.4, -0.2) is 16.8 Å². The van der Waals surface area contributed by atoms with Gasteiger partial charge in [-0.1, -0.05) is 0 Å². The summed E-state index contributed by atoms with van der Waals surface area (Å²) in [7, 11) is 0. The molecule has 1 rings (SSSR count). The van der Waals surface area contributed by atoms with E-state index in [1.165, 1.54) is 0 Å². The third-order valence-corrected chi connectivity index (χ3v) is 1.38. The first-order chi connectivity index (χ1) is 4.84. The van der Waals surface area contributed by atoms with E-state index >= 15 is 0 Å². The van der Waals surface area contributed by atoms with Crippen molar-refractivity contribution in [2.75, 3.05) is 6.61 Å². The minimum absolute atomic E-state index is 0.641. The first-order valence-electron chi connectivity index (χ1n) is 3.41. The molecule has 0 aliphatic heterocycles. The lowest BCUT2D eigenvalue weighted by Gasteiger charge is -1.97. The van der Waals surface area contributed by atoms with Gasteiger partial charge in [0, 0.05) is 6.61 Å². The Balaban J connectivity index is 2.49. The van der Waals surface area contributed by atoms with Crippen molar-refractivity contribution in [1.82, 2.24) is 10.2 Å². The van der Waals surface area contributed by atoms with Gasteiger partial charge < -0.3 is 4.74 Å². The molecule has 0 fully saturated rings. The van der Waals surface area contributed by atoms with Crippen LogP contribution in [0.15, 0.2) is 6.20 Å². The molecule has 3 heteroatoms. The normalized spacial score (nSPS) is 10.2. The molecule has 3 nitrogen and oxygen atoms in total. The smallest absolute Gasteiger partial charge is 0.0884 e.